The maximum atomic E-state index is 12.2. The molecule has 1 saturated heterocycles. The molecule has 0 saturated carbocycles. The lowest BCUT2D eigenvalue weighted by atomic mass is 10.1. The van der Waals surface area contributed by atoms with Crippen LogP contribution >= 0.6 is 0 Å². The second-order valence-electron chi connectivity index (χ2n) is 5.06. The molecule has 1 N–H and O–H groups in total. The van der Waals surface area contributed by atoms with Crippen LogP contribution in [-0.4, -0.2) is 42.1 Å². The van der Waals surface area contributed by atoms with E-state index in [2.05, 4.69) is 4.98 Å². The fourth-order valence-electron chi connectivity index (χ4n) is 2.29. The normalized spacial score (nSPS) is 19.2. The molecule has 0 spiro atoms. The number of hydrogen-bond acceptors (Lipinski definition) is 3. The molecule has 1 aliphatic heterocycles. The van der Waals surface area contributed by atoms with Crippen molar-refractivity contribution >= 4 is 5.91 Å². The smallest absolute Gasteiger partial charge is 0.260 e. The first-order valence-electron chi connectivity index (χ1n) is 6.65. The average molecular weight is 264 g/mol. The van der Waals surface area contributed by atoms with E-state index in [0.717, 1.165) is 31.6 Å². The summed E-state index contributed by atoms with van der Waals surface area (Å²) in [4.78, 5) is 28.2. The molecule has 0 radical (unpaired) electrons. The van der Waals surface area contributed by atoms with E-state index in [1.165, 1.54) is 0 Å². The molecule has 5 nitrogen and oxygen atoms in total. The number of H-pyrrole nitrogens is 1. The summed E-state index contributed by atoms with van der Waals surface area (Å²) < 4.78 is 5.60. The number of amides is 1. The zero-order valence-electron chi connectivity index (χ0n) is 11.4. The van der Waals surface area contributed by atoms with Crippen molar-refractivity contribution in [2.45, 2.75) is 32.3 Å². The van der Waals surface area contributed by atoms with Crippen molar-refractivity contribution in [3.63, 3.8) is 0 Å². The maximum Gasteiger partial charge on any atom is 0.260 e. The number of aromatic nitrogens is 1. The minimum atomic E-state index is -0.332. The highest BCUT2D eigenvalue weighted by molar-refractivity contribution is 5.93. The number of aromatic amines is 1. The predicted octanol–water partition coefficient (Wildman–Crippen LogP) is 1.32. The number of rotatable bonds is 3. The first kappa shape index (κ1) is 13.8. The summed E-state index contributed by atoms with van der Waals surface area (Å²) in [5.74, 6) is -0.254. The van der Waals surface area contributed by atoms with Crippen molar-refractivity contribution in [3.05, 3.63) is 33.7 Å². The summed E-state index contributed by atoms with van der Waals surface area (Å²) in [6.07, 6.45) is 3.29. The van der Waals surface area contributed by atoms with Crippen molar-refractivity contribution < 1.29 is 9.53 Å². The Morgan fingerprint density at radius 2 is 2.26 bits per heavy atom. The molecule has 1 fully saturated rings. The number of likely N-dealkylation sites (N-methyl/N-ethyl adjacent to an activating group) is 1. The van der Waals surface area contributed by atoms with E-state index in [9.17, 15) is 9.59 Å². The zero-order valence-corrected chi connectivity index (χ0v) is 11.4. The Morgan fingerprint density at radius 1 is 1.47 bits per heavy atom. The summed E-state index contributed by atoms with van der Waals surface area (Å²) in [7, 11) is 1.71. The summed E-state index contributed by atoms with van der Waals surface area (Å²) in [6.45, 7) is 3.08. The number of nitrogens with one attached hydrogen (secondary N) is 1. The van der Waals surface area contributed by atoms with Crippen LogP contribution in [0, 0.1) is 6.92 Å². The van der Waals surface area contributed by atoms with Crippen molar-refractivity contribution in [3.8, 4) is 0 Å². The third kappa shape index (κ3) is 3.44. The second-order valence-corrected chi connectivity index (χ2v) is 5.06. The van der Waals surface area contributed by atoms with Crippen LogP contribution < -0.4 is 5.56 Å². The Bertz CT molecular complexity index is 504. The standard InChI is InChI=1S/C14H20N2O3/c1-10-6-7-12(13(17)15-10)14(18)16(2)9-11-5-3-4-8-19-11/h6-7,11H,3-5,8-9H2,1-2H3,(H,15,17)/t11-/m1/s1. The highest BCUT2D eigenvalue weighted by atomic mass is 16.5. The number of carbonyl (C=O) groups excluding carboxylic acids is 1. The molecule has 104 valence electrons. The second kappa shape index (κ2) is 6.02. The molecule has 1 amide bonds. The van der Waals surface area contributed by atoms with Crippen LogP contribution in [-0.2, 0) is 4.74 Å². The molecule has 0 aromatic carbocycles. The Labute approximate surface area is 112 Å². The van der Waals surface area contributed by atoms with Gasteiger partial charge in [-0.2, -0.15) is 0 Å². The number of carbonyl (C=O) groups is 1. The first-order chi connectivity index (χ1) is 9.08. The molecule has 1 aromatic rings. The van der Waals surface area contributed by atoms with Gasteiger partial charge < -0.3 is 14.6 Å². The molecular weight excluding hydrogens is 244 g/mol. The molecule has 2 heterocycles. The lowest BCUT2D eigenvalue weighted by Crippen LogP contribution is -2.39. The predicted molar refractivity (Wildman–Crippen MR) is 72.4 cm³/mol. The van der Waals surface area contributed by atoms with Crippen LogP contribution in [0.15, 0.2) is 16.9 Å². The van der Waals surface area contributed by atoms with Crippen LogP contribution in [0.25, 0.3) is 0 Å². The monoisotopic (exact) mass is 264 g/mol. The largest absolute Gasteiger partial charge is 0.376 e. The third-order valence-electron chi connectivity index (χ3n) is 3.38. The molecule has 0 aliphatic carbocycles. The van der Waals surface area contributed by atoms with Crippen LogP contribution in [0.3, 0.4) is 0 Å². The van der Waals surface area contributed by atoms with Gasteiger partial charge in [-0.05, 0) is 38.3 Å². The molecule has 1 aromatic heterocycles. The summed E-state index contributed by atoms with van der Waals surface area (Å²) in [5, 5.41) is 0. The van der Waals surface area contributed by atoms with Crippen LogP contribution in [0.4, 0.5) is 0 Å². The maximum absolute atomic E-state index is 12.2. The first-order valence-corrected chi connectivity index (χ1v) is 6.65. The summed E-state index contributed by atoms with van der Waals surface area (Å²) in [6, 6.07) is 3.31. The van der Waals surface area contributed by atoms with E-state index < -0.39 is 0 Å². The number of pyridine rings is 1. The molecule has 2 rings (SSSR count). The van der Waals surface area contributed by atoms with E-state index in [0.29, 0.717) is 6.54 Å². The van der Waals surface area contributed by atoms with Gasteiger partial charge in [0, 0.05) is 25.9 Å². The van der Waals surface area contributed by atoms with Crippen LogP contribution in [0.5, 0.6) is 0 Å². The SMILES string of the molecule is Cc1ccc(C(=O)N(C)C[C@H]2CCCCO2)c(=O)[nH]1. The van der Waals surface area contributed by atoms with Gasteiger partial charge in [0.1, 0.15) is 5.56 Å². The Kier molecular flexibility index (Phi) is 4.37. The van der Waals surface area contributed by atoms with Gasteiger partial charge >= 0.3 is 0 Å². The highest BCUT2D eigenvalue weighted by Crippen LogP contribution is 2.14. The Balaban J connectivity index is 2.03. The molecule has 1 aliphatic rings. The van der Waals surface area contributed by atoms with Crippen LogP contribution in [0.2, 0.25) is 0 Å². The fraction of sp³-hybridized carbons (Fsp3) is 0.571. The van der Waals surface area contributed by atoms with Crippen molar-refractivity contribution in [1.82, 2.24) is 9.88 Å². The molecular formula is C14H20N2O3. The van der Waals surface area contributed by atoms with Gasteiger partial charge in [0.25, 0.3) is 11.5 Å². The number of aryl methyl sites for hydroxylation is 1. The van der Waals surface area contributed by atoms with Gasteiger partial charge in [-0.1, -0.05) is 0 Å². The van der Waals surface area contributed by atoms with Gasteiger partial charge in [-0.15, -0.1) is 0 Å². The number of nitrogens with zero attached hydrogens (tertiary/aromatic N) is 1. The van der Waals surface area contributed by atoms with E-state index in [4.69, 9.17) is 4.74 Å². The van der Waals surface area contributed by atoms with E-state index >= 15 is 0 Å². The zero-order chi connectivity index (χ0) is 13.8. The van der Waals surface area contributed by atoms with E-state index in [1.54, 1.807) is 31.0 Å². The quantitative estimate of drug-likeness (QED) is 0.895. The fourth-order valence-corrected chi connectivity index (χ4v) is 2.29. The van der Waals surface area contributed by atoms with E-state index in [-0.39, 0.29) is 23.1 Å². The minimum Gasteiger partial charge on any atom is -0.376 e. The molecule has 5 heteroatoms. The van der Waals surface area contributed by atoms with Gasteiger partial charge in [0.15, 0.2) is 0 Å². The third-order valence-corrected chi connectivity index (χ3v) is 3.38. The minimum absolute atomic E-state index is 0.0900. The van der Waals surface area contributed by atoms with Crippen molar-refractivity contribution in [2.75, 3.05) is 20.2 Å². The van der Waals surface area contributed by atoms with Gasteiger partial charge in [0.05, 0.1) is 6.10 Å². The average Bonchev–Trinajstić information content (AvgIpc) is 2.39. The van der Waals surface area contributed by atoms with Gasteiger partial charge in [-0.25, -0.2) is 0 Å². The number of hydrogen-bond donors (Lipinski definition) is 1. The molecule has 19 heavy (non-hydrogen) atoms. The molecule has 1 atom stereocenters. The summed E-state index contributed by atoms with van der Waals surface area (Å²) >= 11 is 0. The lowest BCUT2D eigenvalue weighted by molar-refractivity contribution is -0.000221. The molecule has 0 unspecified atom stereocenters. The summed E-state index contributed by atoms with van der Waals surface area (Å²) in [5.41, 5.74) is 0.602. The highest BCUT2D eigenvalue weighted by Gasteiger charge is 2.21. The van der Waals surface area contributed by atoms with E-state index in [1.807, 2.05) is 0 Å². The number of ether oxygens (including phenoxy) is 1. The van der Waals surface area contributed by atoms with Gasteiger partial charge in [0.2, 0.25) is 0 Å². The van der Waals surface area contributed by atoms with Crippen molar-refractivity contribution in [2.24, 2.45) is 0 Å². The van der Waals surface area contributed by atoms with Crippen LogP contribution in [0.1, 0.15) is 35.3 Å². The molecule has 0 bridgehead atoms. The van der Waals surface area contributed by atoms with Gasteiger partial charge in [-0.3, -0.25) is 9.59 Å². The lowest BCUT2D eigenvalue weighted by Gasteiger charge is -2.27. The Hall–Kier alpha value is -1.62. The topological polar surface area (TPSA) is 62.4 Å². The van der Waals surface area contributed by atoms with Crippen molar-refractivity contribution in [1.29, 1.82) is 0 Å². The Morgan fingerprint density at radius 3 is 2.89 bits per heavy atom.